The summed E-state index contributed by atoms with van der Waals surface area (Å²) in [5.41, 5.74) is 5.62. The standard InChI is InChI=1S/C12H24N2O5S/c1-8(2)7-10(12(16)19-3)14-11(15)9(13)5-6-20(4,17)18/h8-10H,5-7,13H2,1-4H3,(H,14,15). The minimum atomic E-state index is -3.17. The molecule has 0 spiro atoms. The number of ether oxygens (including phenoxy) is 1. The average Bonchev–Trinajstić information content (AvgIpc) is 2.32. The van der Waals surface area contributed by atoms with Gasteiger partial charge < -0.3 is 15.8 Å². The van der Waals surface area contributed by atoms with Crippen LogP contribution in [0.25, 0.3) is 0 Å². The molecule has 1 amide bonds. The van der Waals surface area contributed by atoms with E-state index in [1.54, 1.807) is 0 Å². The lowest BCUT2D eigenvalue weighted by atomic mass is 10.0. The van der Waals surface area contributed by atoms with E-state index in [1.807, 2.05) is 13.8 Å². The van der Waals surface area contributed by atoms with Crippen LogP contribution in [-0.4, -0.2) is 51.5 Å². The molecule has 0 aromatic heterocycles. The molecule has 3 N–H and O–H groups in total. The number of hydrogen-bond donors (Lipinski definition) is 2. The van der Waals surface area contributed by atoms with Gasteiger partial charge in [-0.05, 0) is 18.8 Å². The van der Waals surface area contributed by atoms with Crippen LogP contribution < -0.4 is 11.1 Å². The maximum atomic E-state index is 11.8. The number of nitrogens with two attached hydrogens (primary N) is 1. The Morgan fingerprint density at radius 2 is 1.85 bits per heavy atom. The van der Waals surface area contributed by atoms with Crippen LogP contribution in [0.15, 0.2) is 0 Å². The Labute approximate surface area is 120 Å². The zero-order valence-electron chi connectivity index (χ0n) is 12.4. The topological polar surface area (TPSA) is 116 Å². The van der Waals surface area contributed by atoms with Gasteiger partial charge in [-0.2, -0.15) is 0 Å². The monoisotopic (exact) mass is 308 g/mol. The van der Waals surface area contributed by atoms with Crippen molar-refractivity contribution in [3.63, 3.8) is 0 Å². The molecular weight excluding hydrogens is 284 g/mol. The summed E-state index contributed by atoms with van der Waals surface area (Å²) in [7, 11) is -1.93. The summed E-state index contributed by atoms with van der Waals surface area (Å²) in [4.78, 5) is 23.4. The molecule has 0 aliphatic heterocycles. The SMILES string of the molecule is COC(=O)C(CC(C)C)NC(=O)C(N)CCS(C)(=O)=O. The Morgan fingerprint density at radius 3 is 2.25 bits per heavy atom. The number of amides is 1. The zero-order valence-corrected chi connectivity index (χ0v) is 13.2. The third-order valence-corrected chi connectivity index (χ3v) is 3.62. The second kappa shape index (κ2) is 8.21. The number of sulfone groups is 1. The number of rotatable bonds is 8. The Balaban J connectivity index is 4.54. The van der Waals surface area contributed by atoms with Gasteiger partial charge in [0.05, 0.1) is 18.9 Å². The van der Waals surface area contributed by atoms with Crippen molar-refractivity contribution in [2.75, 3.05) is 19.1 Å². The van der Waals surface area contributed by atoms with Crippen molar-refractivity contribution in [1.29, 1.82) is 0 Å². The smallest absolute Gasteiger partial charge is 0.328 e. The van der Waals surface area contributed by atoms with Gasteiger partial charge >= 0.3 is 5.97 Å². The summed E-state index contributed by atoms with van der Waals surface area (Å²) in [5.74, 6) is -1.08. The number of nitrogens with one attached hydrogen (secondary N) is 1. The molecule has 8 heteroatoms. The number of carbonyl (C=O) groups excluding carboxylic acids is 2. The van der Waals surface area contributed by atoms with Crippen LogP contribution in [0.2, 0.25) is 0 Å². The molecule has 0 aromatic carbocycles. The van der Waals surface area contributed by atoms with Gasteiger partial charge in [0.2, 0.25) is 5.91 Å². The molecule has 0 aromatic rings. The third kappa shape index (κ3) is 8.11. The third-order valence-electron chi connectivity index (χ3n) is 2.65. The first-order chi connectivity index (χ1) is 9.06. The van der Waals surface area contributed by atoms with Crippen molar-refractivity contribution < 1.29 is 22.7 Å². The van der Waals surface area contributed by atoms with Gasteiger partial charge in [-0.3, -0.25) is 4.79 Å². The van der Waals surface area contributed by atoms with E-state index in [-0.39, 0.29) is 18.1 Å². The molecule has 0 bridgehead atoms. The summed E-state index contributed by atoms with van der Waals surface area (Å²) < 4.78 is 26.7. The molecule has 2 atom stereocenters. The number of carbonyl (C=O) groups is 2. The van der Waals surface area contributed by atoms with E-state index >= 15 is 0 Å². The lowest BCUT2D eigenvalue weighted by molar-refractivity contribution is -0.145. The minimum absolute atomic E-state index is 0.0141. The van der Waals surface area contributed by atoms with Crippen molar-refractivity contribution in [3.8, 4) is 0 Å². The van der Waals surface area contributed by atoms with E-state index in [9.17, 15) is 18.0 Å². The summed E-state index contributed by atoms with van der Waals surface area (Å²) in [6, 6.07) is -1.74. The van der Waals surface area contributed by atoms with Crippen molar-refractivity contribution in [3.05, 3.63) is 0 Å². The second-order valence-corrected chi connectivity index (χ2v) is 7.50. The van der Waals surface area contributed by atoms with E-state index in [0.29, 0.717) is 6.42 Å². The van der Waals surface area contributed by atoms with Gasteiger partial charge in [0.1, 0.15) is 15.9 Å². The molecule has 0 saturated carbocycles. The van der Waals surface area contributed by atoms with Crippen LogP contribution in [0.1, 0.15) is 26.7 Å². The number of hydrogen-bond acceptors (Lipinski definition) is 6. The number of esters is 1. The Kier molecular flexibility index (Phi) is 7.74. The van der Waals surface area contributed by atoms with Gasteiger partial charge in [0, 0.05) is 6.26 Å². The molecule has 0 heterocycles. The lowest BCUT2D eigenvalue weighted by Crippen LogP contribution is -2.49. The maximum Gasteiger partial charge on any atom is 0.328 e. The predicted molar refractivity (Wildman–Crippen MR) is 75.7 cm³/mol. The molecule has 0 aliphatic carbocycles. The Hall–Kier alpha value is -1.15. The van der Waals surface area contributed by atoms with Crippen LogP contribution in [0.3, 0.4) is 0 Å². The zero-order chi connectivity index (χ0) is 15.9. The van der Waals surface area contributed by atoms with Crippen molar-refractivity contribution in [1.82, 2.24) is 5.32 Å². The van der Waals surface area contributed by atoms with Crippen LogP contribution in [-0.2, 0) is 24.2 Å². The molecule has 0 saturated heterocycles. The first-order valence-electron chi connectivity index (χ1n) is 6.38. The summed E-state index contributed by atoms with van der Waals surface area (Å²) >= 11 is 0. The van der Waals surface area contributed by atoms with Gasteiger partial charge in [-0.1, -0.05) is 13.8 Å². The molecule has 0 fully saturated rings. The van der Waals surface area contributed by atoms with Crippen molar-refractivity contribution >= 4 is 21.7 Å². The average molecular weight is 308 g/mol. The molecule has 7 nitrogen and oxygen atoms in total. The van der Waals surface area contributed by atoms with Crippen LogP contribution in [0.4, 0.5) is 0 Å². The van der Waals surface area contributed by atoms with E-state index in [4.69, 9.17) is 5.73 Å². The highest BCUT2D eigenvalue weighted by Gasteiger charge is 2.25. The predicted octanol–water partition coefficient (Wildman–Crippen LogP) is -0.548. The molecular formula is C12H24N2O5S. The molecule has 118 valence electrons. The minimum Gasteiger partial charge on any atom is -0.467 e. The normalized spacial score (nSPS) is 14.7. The van der Waals surface area contributed by atoms with E-state index in [2.05, 4.69) is 10.1 Å². The van der Waals surface area contributed by atoms with Gasteiger partial charge in [0.25, 0.3) is 0 Å². The van der Waals surface area contributed by atoms with Gasteiger partial charge in [-0.15, -0.1) is 0 Å². The summed E-state index contributed by atoms with van der Waals surface area (Å²) in [5, 5.41) is 2.50. The fraction of sp³-hybridized carbons (Fsp3) is 0.833. The van der Waals surface area contributed by atoms with E-state index in [1.165, 1.54) is 7.11 Å². The molecule has 0 rings (SSSR count). The molecule has 2 unspecified atom stereocenters. The maximum absolute atomic E-state index is 11.8. The van der Waals surface area contributed by atoms with E-state index in [0.717, 1.165) is 6.26 Å². The Morgan fingerprint density at radius 1 is 1.30 bits per heavy atom. The Bertz CT molecular complexity index is 433. The quantitative estimate of drug-likeness (QED) is 0.581. The molecule has 0 radical (unpaired) electrons. The van der Waals surface area contributed by atoms with Crippen molar-refractivity contribution in [2.24, 2.45) is 11.7 Å². The first-order valence-corrected chi connectivity index (χ1v) is 8.44. The highest BCUT2D eigenvalue weighted by atomic mass is 32.2. The fourth-order valence-corrected chi connectivity index (χ4v) is 2.26. The van der Waals surface area contributed by atoms with Gasteiger partial charge in [-0.25, -0.2) is 13.2 Å². The van der Waals surface area contributed by atoms with Crippen molar-refractivity contribution in [2.45, 2.75) is 38.8 Å². The van der Waals surface area contributed by atoms with Crippen LogP contribution in [0, 0.1) is 5.92 Å². The molecule has 0 aliphatic rings. The summed E-state index contributed by atoms with van der Waals surface area (Å²) in [6.07, 6.45) is 1.52. The van der Waals surface area contributed by atoms with Crippen LogP contribution in [0.5, 0.6) is 0 Å². The highest BCUT2D eigenvalue weighted by Crippen LogP contribution is 2.07. The van der Waals surface area contributed by atoms with Crippen LogP contribution >= 0.6 is 0 Å². The molecule has 20 heavy (non-hydrogen) atoms. The van der Waals surface area contributed by atoms with Gasteiger partial charge in [0.15, 0.2) is 0 Å². The summed E-state index contributed by atoms with van der Waals surface area (Å²) in [6.45, 7) is 3.82. The largest absolute Gasteiger partial charge is 0.467 e. The number of methoxy groups -OCH3 is 1. The second-order valence-electron chi connectivity index (χ2n) is 5.24. The fourth-order valence-electron chi connectivity index (χ4n) is 1.58. The highest BCUT2D eigenvalue weighted by molar-refractivity contribution is 7.90. The lowest BCUT2D eigenvalue weighted by Gasteiger charge is -2.20. The first kappa shape index (κ1) is 18.9. The van der Waals surface area contributed by atoms with E-state index < -0.39 is 33.8 Å².